The van der Waals surface area contributed by atoms with E-state index in [-0.39, 0.29) is 17.5 Å². The van der Waals surface area contributed by atoms with Gasteiger partial charge in [0.2, 0.25) is 11.9 Å². The maximum Gasteiger partial charge on any atom is 0.280 e. The molecule has 0 spiro atoms. The van der Waals surface area contributed by atoms with Crippen LogP contribution in [0, 0.1) is 16.0 Å². The third kappa shape index (κ3) is 3.83. The topological polar surface area (TPSA) is 110 Å². The van der Waals surface area contributed by atoms with E-state index in [1.165, 1.54) is 6.07 Å². The van der Waals surface area contributed by atoms with Gasteiger partial charge >= 0.3 is 0 Å². The number of nitro benzene ring substituents is 1. The number of aromatic nitrogens is 4. The van der Waals surface area contributed by atoms with Crippen molar-refractivity contribution in [2.45, 2.75) is 19.3 Å². The molecular weight excluding hydrogens is 470 g/mol. The summed E-state index contributed by atoms with van der Waals surface area (Å²) in [6.07, 6.45) is 2.75. The Morgan fingerprint density at radius 1 is 1.06 bits per heavy atom. The minimum atomic E-state index is -0.419. The molecule has 0 atom stereocenters. The van der Waals surface area contributed by atoms with Crippen LogP contribution in [0.1, 0.15) is 19.3 Å². The molecule has 0 bridgehead atoms. The van der Waals surface area contributed by atoms with Gasteiger partial charge in [-0.15, -0.1) is 10.2 Å². The van der Waals surface area contributed by atoms with Crippen LogP contribution in [-0.4, -0.2) is 61.5 Å². The summed E-state index contributed by atoms with van der Waals surface area (Å²) < 4.78 is 1.79. The molecule has 2 fully saturated rings. The fourth-order valence-corrected chi connectivity index (χ4v) is 4.89. The zero-order valence-electron chi connectivity index (χ0n) is 18.8. The highest BCUT2D eigenvalue weighted by Gasteiger charge is 2.34. The number of rotatable bonds is 4. The standard InChI is InChI=1S/C24H22ClN7O3/c25-16-8-9-17-19(14-16)26-24(30-11-3-10-29(12-13-30)23(33)15-6-7-15)31-21(17)27-28-22(31)18-4-1-2-5-20(18)32(34)35/h1-2,4-5,8-9,14-15H,3,6-7,10-13H2. The predicted octanol–water partition coefficient (Wildman–Crippen LogP) is 3.95. The van der Waals surface area contributed by atoms with Crippen LogP contribution in [0.2, 0.25) is 5.02 Å². The van der Waals surface area contributed by atoms with Gasteiger partial charge in [-0.05, 0) is 43.5 Å². The highest BCUT2D eigenvalue weighted by molar-refractivity contribution is 6.31. The molecule has 178 valence electrons. The van der Waals surface area contributed by atoms with Gasteiger partial charge in [-0.3, -0.25) is 14.9 Å². The molecular formula is C24H22ClN7O3. The summed E-state index contributed by atoms with van der Waals surface area (Å²) in [5, 5.41) is 21.9. The molecule has 10 nitrogen and oxygen atoms in total. The van der Waals surface area contributed by atoms with Crippen molar-refractivity contribution in [3.8, 4) is 11.4 Å². The van der Waals surface area contributed by atoms with Gasteiger partial charge < -0.3 is 9.80 Å². The van der Waals surface area contributed by atoms with E-state index in [1.54, 1.807) is 34.7 Å². The van der Waals surface area contributed by atoms with E-state index in [2.05, 4.69) is 15.1 Å². The van der Waals surface area contributed by atoms with Gasteiger partial charge in [-0.1, -0.05) is 23.7 Å². The van der Waals surface area contributed by atoms with Crippen LogP contribution in [0.15, 0.2) is 42.5 Å². The Balaban J connectivity index is 1.51. The lowest BCUT2D eigenvalue weighted by atomic mass is 10.1. The van der Waals surface area contributed by atoms with E-state index >= 15 is 0 Å². The van der Waals surface area contributed by atoms with Crippen molar-refractivity contribution in [2.24, 2.45) is 5.92 Å². The lowest BCUT2D eigenvalue weighted by molar-refractivity contribution is -0.384. The number of nitrogens with zero attached hydrogens (tertiary/aromatic N) is 7. The molecule has 4 aromatic rings. The Morgan fingerprint density at radius 3 is 2.69 bits per heavy atom. The van der Waals surface area contributed by atoms with Crippen molar-refractivity contribution in [1.29, 1.82) is 0 Å². The summed E-state index contributed by atoms with van der Waals surface area (Å²) in [6.45, 7) is 2.56. The number of para-hydroxylation sites is 1. The molecule has 2 aromatic heterocycles. The zero-order valence-corrected chi connectivity index (χ0v) is 19.6. The summed E-state index contributed by atoms with van der Waals surface area (Å²) in [4.78, 5) is 33.0. The van der Waals surface area contributed by atoms with E-state index < -0.39 is 4.92 Å². The number of amides is 1. The van der Waals surface area contributed by atoms with E-state index in [1.807, 2.05) is 11.0 Å². The molecule has 0 radical (unpaired) electrons. The number of fused-ring (bicyclic) bond motifs is 3. The first-order valence-electron chi connectivity index (χ1n) is 11.6. The second-order valence-corrected chi connectivity index (χ2v) is 9.41. The largest absolute Gasteiger partial charge is 0.341 e. The summed E-state index contributed by atoms with van der Waals surface area (Å²) in [6, 6.07) is 11.9. The Labute approximate surface area is 205 Å². The number of carbonyl (C=O) groups excluding carboxylic acids is 1. The van der Waals surface area contributed by atoms with Gasteiger partial charge in [0, 0.05) is 48.6 Å². The molecule has 1 amide bonds. The molecule has 0 N–H and O–H groups in total. The number of benzene rings is 2. The summed E-state index contributed by atoms with van der Waals surface area (Å²) >= 11 is 6.26. The number of hydrogen-bond acceptors (Lipinski definition) is 7. The summed E-state index contributed by atoms with van der Waals surface area (Å²) in [5.74, 6) is 1.34. The van der Waals surface area contributed by atoms with Crippen LogP contribution in [-0.2, 0) is 4.79 Å². The van der Waals surface area contributed by atoms with Gasteiger partial charge in [0.15, 0.2) is 11.5 Å². The quantitative estimate of drug-likeness (QED) is 0.314. The molecule has 1 aliphatic carbocycles. The Bertz CT molecular complexity index is 1480. The molecule has 2 aliphatic rings. The van der Waals surface area contributed by atoms with Crippen molar-refractivity contribution in [3.63, 3.8) is 0 Å². The third-order valence-electron chi connectivity index (χ3n) is 6.64. The second kappa shape index (κ2) is 8.46. The molecule has 1 saturated carbocycles. The normalized spacial score (nSPS) is 16.6. The van der Waals surface area contributed by atoms with Gasteiger partial charge in [0.05, 0.1) is 16.0 Å². The molecule has 3 heterocycles. The minimum absolute atomic E-state index is 0.0546. The van der Waals surface area contributed by atoms with Crippen LogP contribution in [0.5, 0.6) is 0 Å². The number of carbonyl (C=O) groups is 1. The molecule has 35 heavy (non-hydrogen) atoms. The Hall–Kier alpha value is -3.79. The van der Waals surface area contributed by atoms with Gasteiger partial charge in [-0.25, -0.2) is 9.38 Å². The first-order chi connectivity index (χ1) is 17.0. The molecule has 0 unspecified atom stereocenters. The SMILES string of the molecule is O=C(C1CC1)N1CCCN(c2nc3cc(Cl)ccc3c3nnc(-c4ccccc4[N+](=O)[O-])n23)CC1. The monoisotopic (exact) mass is 491 g/mol. The second-order valence-electron chi connectivity index (χ2n) is 8.97. The highest BCUT2D eigenvalue weighted by atomic mass is 35.5. The highest BCUT2D eigenvalue weighted by Crippen LogP contribution is 2.34. The summed E-state index contributed by atoms with van der Waals surface area (Å²) in [5.41, 5.74) is 1.52. The summed E-state index contributed by atoms with van der Waals surface area (Å²) in [7, 11) is 0. The van der Waals surface area contributed by atoms with E-state index in [0.717, 1.165) is 24.6 Å². The first kappa shape index (κ1) is 21.7. The number of halogens is 1. The van der Waals surface area contributed by atoms with Crippen molar-refractivity contribution in [3.05, 3.63) is 57.6 Å². The Kier molecular flexibility index (Phi) is 5.25. The van der Waals surface area contributed by atoms with Gasteiger partial charge in [-0.2, -0.15) is 0 Å². The van der Waals surface area contributed by atoms with Crippen LogP contribution in [0.3, 0.4) is 0 Å². The van der Waals surface area contributed by atoms with Crippen molar-refractivity contribution in [2.75, 3.05) is 31.1 Å². The fraction of sp³-hybridized carbons (Fsp3) is 0.333. The zero-order chi connectivity index (χ0) is 24.1. The average Bonchev–Trinajstić information content (AvgIpc) is 3.65. The number of hydrogen-bond donors (Lipinski definition) is 0. The van der Waals surface area contributed by atoms with Crippen molar-refractivity contribution in [1.82, 2.24) is 24.5 Å². The van der Waals surface area contributed by atoms with Crippen LogP contribution in [0.25, 0.3) is 27.9 Å². The van der Waals surface area contributed by atoms with E-state index in [0.29, 0.717) is 59.7 Å². The maximum absolute atomic E-state index is 12.7. The number of nitro groups is 1. The molecule has 1 aliphatic heterocycles. The van der Waals surface area contributed by atoms with Crippen molar-refractivity contribution >= 4 is 45.7 Å². The molecule has 6 rings (SSSR count). The third-order valence-corrected chi connectivity index (χ3v) is 6.88. The smallest absolute Gasteiger partial charge is 0.280 e. The molecule has 2 aromatic carbocycles. The van der Waals surface area contributed by atoms with Crippen LogP contribution >= 0.6 is 11.6 Å². The predicted molar refractivity (Wildman–Crippen MR) is 132 cm³/mol. The van der Waals surface area contributed by atoms with Crippen LogP contribution < -0.4 is 4.90 Å². The molecule has 1 saturated heterocycles. The maximum atomic E-state index is 12.7. The van der Waals surface area contributed by atoms with E-state index in [4.69, 9.17) is 16.6 Å². The lowest BCUT2D eigenvalue weighted by Gasteiger charge is -2.24. The fourth-order valence-electron chi connectivity index (χ4n) is 4.73. The van der Waals surface area contributed by atoms with Crippen LogP contribution in [0.4, 0.5) is 11.6 Å². The van der Waals surface area contributed by atoms with Gasteiger partial charge in [0.1, 0.15) is 0 Å². The minimum Gasteiger partial charge on any atom is -0.341 e. The Morgan fingerprint density at radius 2 is 1.89 bits per heavy atom. The van der Waals surface area contributed by atoms with E-state index in [9.17, 15) is 14.9 Å². The van der Waals surface area contributed by atoms with Gasteiger partial charge in [0.25, 0.3) is 5.69 Å². The molecule has 11 heteroatoms. The van der Waals surface area contributed by atoms with Crippen molar-refractivity contribution < 1.29 is 9.72 Å². The first-order valence-corrected chi connectivity index (χ1v) is 12.0. The number of anilines is 1. The lowest BCUT2D eigenvalue weighted by Crippen LogP contribution is -2.36. The average molecular weight is 492 g/mol.